The number of aromatic nitrogens is 2. The van der Waals surface area contributed by atoms with Crippen molar-refractivity contribution in [2.45, 2.75) is 33.2 Å². The fourth-order valence-electron chi connectivity index (χ4n) is 3.09. The first kappa shape index (κ1) is 19.8. The summed E-state index contributed by atoms with van der Waals surface area (Å²) < 4.78 is 0. The summed E-state index contributed by atoms with van der Waals surface area (Å²) in [5, 5.41) is 3.35. The number of nitrogens with one attached hydrogen (secondary N) is 1. The van der Waals surface area contributed by atoms with Crippen LogP contribution in [0.2, 0.25) is 0 Å². The molecule has 2 aromatic rings. The molecule has 1 aromatic heterocycles. The normalized spacial score (nSPS) is 15.2. The number of anilines is 1. The van der Waals surface area contributed by atoms with E-state index in [1.165, 1.54) is 0 Å². The van der Waals surface area contributed by atoms with Crippen molar-refractivity contribution in [1.29, 1.82) is 0 Å². The number of nitrogens with zero attached hydrogens (tertiary/aromatic N) is 4. The number of amides is 2. The summed E-state index contributed by atoms with van der Waals surface area (Å²) in [6.07, 6.45) is 0.945. The average molecular weight is 381 g/mol. The number of carbonyl (C=O) groups excluding carboxylic acids is 2. The molecule has 1 aliphatic heterocycles. The van der Waals surface area contributed by atoms with Crippen LogP contribution < -0.4 is 5.32 Å². The molecule has 7 heteroatoms. The number of benzene rings is 1. The molecule has 0 spiro atoms. The van der Waals surface area contributed by atoms with Gasteiger partial charge in [0.1, 0.15) is 11.5 Å². The molecule has 28 heavy (non-hydrogen) atoms. The molecule has 0 bridgehead atoms. The third kappa shape index (κ3) is 4.65. The van der Waals surface area contributed by atoms with Gasteiger partial charge in [-0.2, -0.15) is 0 Å². The van der Waals surface area contributed by atoms with Crippen molar-refractivity contribution in [3.8, 4) is 11.4 Å². The van der Waals surface area contributed by atoms with Gasteiger partial charge < -0.3 is 15.1 Å². The fraction of sp³-hybridized carbons (Fsp3) is 0.429. The van der Waals surface area contributed by atoms with Gasteiger partial charge in [-0.25, -0.2) is 9.97 Å². The Labute approximate surface area is 165 Å². The van der Waals surface area contributed by atoms with E-state index < -0.39 is 0 Å². The summed E-state index contributed by atoms with van der Waals surface area (Å²) in [7, 11) is 0. The largest absolute Gasteiger partial charge is 0.367 e. The highest BCUT2D eigenvalue weighted by Gasteiger charge is 2.25. The van der Waals surface area contributed by atoms with E-state index in [9.17, 15) is 9.59 Å². The Morgan fingerprint density at radius 3 is 2.32 bits per heavy atom. The molecule has 2 heterocycles. The van der Waals surface area contributed by atoms with Gasteiger partial charge >= 0.3 is 0 Å². The van der Waals surface area contributed by atoms with Gasteiger partial charge in [0.25, 0.3) is 5.91 Å². The van der Waals surface area contributed by atoms with Gasteiger partial charge in [-0.1, -0.05) is 37.3 Å². The lowest BCUT2D eigenvalue weighted by molar-refractivity contribution is -0.130. The van der Waals surface area contributed by atoms with Crippen LogP contribution in [0.5, 0.6) is 0 Å². The van der Waals surface area contributed by atoms with Crippen molar-refractivity contribution in [1.82, 2.24) is 19.8 Å². The van der Waals surface area contributed by atoms with Crippen LogP contribution in [0.25, 0.3) is 11.4 Å². The number of carbonyl (C=O) groups is 2. The van der Waals surface area contributed by atoms with E-state index >= 15 is 0 Å². The van der Waals surface area contributed by atoms with Crippen LogP contribution in [0, 0.1) is 0 Å². The summed E-state index contributed by atoms with van der Waals surface area (Å²) >= 11 is 0. The lowest BCUT2D eigenvalue weighted by Crippen LogP contribution is -2.50. The minimum atomic E-state index is -0.130. The van der Waals surface area contributed by atoms with Crippen molar-refractivity contribution in [3.05, 3.63) is 42.1 Å². The highest BCUT2D eigenvalue weighted by Crippen LogP contribution is 2.20. The summed E-state index contributed by atoms with van der Waals surface area (Å²) in [5.41, 5.74) is 1.24. The molecule has 1 fully saturated rings. The summed E-state index contributed by atoms with van der Waals surface area (Å²) in [6, 6.07) is 11.6. The Morgan fingerprint density at radius 1 is 1.07 bits per heavy atom. The highest BCUT2D eigenvalue weighted by molar-refractivity contribution is 5.93. The molecule has 1 saturated heterocycles. The van der Waals surface area contributed by atoms with E-state index in [0.717, 1.165) is 12.0 Å². The second-order valence-electron chi connectivity index (χ2n) is 7.08. The zero-order valence-electron chi connectivity index (χ0n) is 16.7. The lowest BCUT2D eigenvalue weighted by atomic mass is 10.2. The third-order valence-corrected chi connectivity index (χ3v) is 5.00. The molecule has 2 amide bonds. The molecule has 1 atom stereocenters. The van der Waals surface area contributed by atoms with Crippen molar-refractivity contribution >= 4 is 17.6 Å². The minimum Gasteiger partial charge on any atom is -0.367 e. The lowest BCUT2D eigenvalue weighted by Gasteiger charge is -2.34. The Bertz CT molecular complexity index is 832. The predicted octanol–water partition coefficient (Wildman–Crippen LogP) is 2.66. The fourth-order valence-corrected chi connectivity index (χ4v) is 3.09. The number of hydrogen-bond acceptors (Lipinski definition) is 5. The first-order chi connectivity index (χ1) is 13.5. The van der Waals surface area contributed by atoms with Crippen LogP contribution in [0.3, 0.4) is 0 Å². The van der Waals surface area contributed by atoms with Crippen LogP contribution in [0.4, 0.5) is 5.82 Å². The Kier molecular flexibility index (Phi) is 6.23. The Balaban J connectivity index is 1.87. The Morgan fingerprint density at radius 2 is 1.71 bits per heavy atom. The average Bonchev–Trinajstić information content (AvgIpc) is 2.73. The Hall–Kier alpha value is -2.96. The van der Waals surface area contributed by atoms with E-state index in [2.05, 4.69) is 29.1 Å². The monoisotopic (exact) mass is 381 g/mol. The zero-order valence-corrected chi connectivity index (χ0v) is 16.7. The molecule has 3 rings (SSSR count). The molecule has 7 nitrogen and oxygen atoms in total. The first-order valence-electron chi connectivity index (χ1n) is 9.73. The van der Waals surface area contributed by atoms with E-state index in [4.69, 9.17) is 0 Å². The van der Waals surface area contributed by atoms with E-state index in [1.807, 2.05) is 30.3 Å². The molecule has 0 radical (unpaired) electrons. The molecule has 1 unspecified atom stereocenters. The van der Waals surface area contributed by atoms with Crippen LogP contribution in [0.1, 0.15) is 37.7 Å². The molecule has 0 aliphatic carbocycles. The number of hydrogen-bond donors (Lipinski definition) is 1. The molecule has 148 valence electrons. The van der Waals surface area contributed by atoms with Gasteiger partial charge in [0.15, 0.2) is 5.82 Å². The van der Waals surface area contributed by atoms with Crippen molar-refractivity contribution in [2.75, 3.05) is 31.5 Å². The van der Waals surface area contributed by atoms with Crippen LogP contribution in [-0.4, -0.2) is 63.8 Å². The van der Waals surface area contributed by atoms with Gasteiger partial charge in [-0.3, -0.25) is 9.59 Å². The van der Waals surface area contributed by atoms with Crippen LogP contribution in [-0.2, 0) is 4.79 Å². The van der Waals surface area contributed by atoms with Gasteiger partial charge in [-0.15, -0.1) is 0 Å². The van der Waals surface area contributed by atoms with Gasteiger partial charge in [0.05, 0.1) is 0 Å². The quantitative estimate of drug-likeness (QED) is 0.861. The predicted molar refractivity (Wildman–Crippen MR) is 109 cm³/mol. The van der Waals surface area contributed by atoms with Crippen molar-refractivity contribution in [2.24, 2.45) is 0 Å². The van der Waals surface area contributed by atoms with E-state index in [1.54, 1.807) is 22.8 Å². The molecule has 1 aliphatic rings. The van der Waals surface area contributed by atoms with E-state index in [-0.39, 0.29) is 17.9 Å². The molecule has 0 saturated carbocycles. The minimum absolute atomic E-state index is 0.0422. The van der Waals surface area contributed by atoms with Crippen molar-refractivity contribution in [3.63, 3.8) is 0 Å². The third-order valence-electron chi connectivity index (χ3n) is 5.00. The zero-order chi connectivity index (χ0) is 20.1. The smallest absolute Gasteiger partial charge is 0.272 e. The summed E-state index contributed by atoms with van der Waals surface area (Å²) in [4.78, 5) is 37.3. The standard InChI is InChI=1S/C21H27N5O2/c1-4-15(2)22-19-14-18(23-20(24-19)17-8-6-5-7-9-17)21(28)26-12-10-25(11-13-26)16(3)27/h5-9,14-15H,4,10-13H2,1-3H3,(H,22,23,24). The molecular weight excluding hydrogens is 354 g/mol. The SMILES string of the molecule is CCC(C)Nc1cc(C(=O)N2CCN(C(C)=O)CC2)nc(-c2ccccc2)n1. The highest BCUT2D eigenvalue weighted by atomic mass is 16.2. The van der Waals surface area contributed by atoms with Crippen LogP contribution in [0.15, 0.2) is 36.4 Å². The summed E-state index contributed by atoms with van der Waals surface area (Å²) in [6.45, 7) is 7.85. The maximum atomic E-state index is 13.1. The maximum Gasteiger partial charge on any atom is 0.272 e. The van der Waals surface area contributed by atoms with Crippen molar-refractivity contribution < 1.29 is 9.59 Å². The number of piperazine rings is 1. The van der Waals surface area contributed by atoms with Gasteiger partial charge in [0, 0.05) is 50.8 Å². The van der Waals surface area contributed by atoms with Gasteiger partial charge in [0.2, 0.25) is 5.91 Å². The summed E-state index contributed by atoms with van der Waals surface area (Å²) in [5.74, 6) is 1.09. The second-order valence-corrected chi connectivity index (χ2v) is 7.08. The molecule has 1 N–H and O–H groups in total. The molecule has 1 aromatic carbocycles. The van der Waals surface area contributed by atoms with Gasteiger partial charge in [-0.05, 0) is 13.3 Å². The molecular formula is C21H27N5O2. The first-order valence-corrected chi connectivity index (χ1v) is 9.73. The number of rotatable bonds is 5. The van der Waals surface area contributed by atoms with E-state index in [0.29, 0.717) is 43.5 Å². The van der Waals surface area contributed by atoms with Crippen LogP contribution >= 0.6 is 0 Å². The second kappa shape index (κ2) is 8.82. The topological polar surface area (TPSA) is 78.4 Å². The maximum absolute atomic E-state index is 13.1.